The maximum atomic E-state index is 13.3. The summed E-state index contributed by atoms with van der Waals surface area (Å²) in [5.74, 6) is 0.860. The number of piperidine rings is 1. The summed E-state index contributed by atoms with van der Waals surface area (Å²) >= 11 is 0. The maximum absolute atomic E-state index is 13.3. The van der Waals surface area contributed by atoms with Gasteiger partial charge in [-0.3, -0.25) is 4.79 Å². The Morgan fingerprint density at radius 1 is 1.19 bits per heavy atom. The molecule has 1 aliphatic rings. The molecular formula is C18H23FN6O. The number of amides is 1. The van der Waals surface area contributed by atoms with Crippen LogP contribution in [-0.4, -0.2) is 48.0 Å². The van der Waals surface area contributed by atoms with Crippen molar-refractivity contribution in [2.75, 3.05) is 37.0 Å². The average Bonchev–Trinajstić information content (AvgIpc) is 2.66. The van der Waals surface area contributed by atoms with Gasteiger partial charge in [-0.15, -0.1) is 0 Å². The highest BCUT2D eigenvalue weighted by molar-refractivity contribution is 5.94. The van der Waals surface area contributed by atoms with Crippen LogP contribution in [0.3, 0.4) is 0 Å². The SMILES string of the molecule is CN(C)c1nc(CNC(=O)c2cccc(F)c2)nc(N2CCCCC2)n1. The molecule has 0 atom stereocenters. The largest absolute Gasteiger partial charge is 0.347 e. The first-order chi connectivity index (χ1) is 12.5. The second-order valence-corrected chi connectivity index (χ2v) is 6.49. The van der Waals surface area contributed by atoms with Crippen molar-refractivity contribution in [3.63, 3.8) is 0 Å². The molecule has 138 valence electrons. The minimum absolute atomic E-state index is 0.152. The molecule has 3 rings (SSSR count). The molecule has 1 aliphatic heterocycles. The summed E-state index contributed by atoms with van der Waals surface area (Å²) in [5, 5.41) is 2.74. The number of anilines is 2. The van der Waals surface area contributed by atoms with Crippen LogP contribution in [0.25, 0.3) is 0 Å². The predicted molar refractivity (Wildman–Crippen MR) is 97.8 cm³/mol. The molecule has 26 heavy (non-hydrogen) atoms. The number of benzene rings is 1. The highest BCUT2D eigenvalue weighted by Crippen LogP contribution is 2.18. The van der Waals surface area contributed by atoms with Crippen molar-refractivity contribution in [2.45, 2.75) is 25.8 Å². The summed E-state index contributed by atoms with van der Waals surface area (Å²) in [6, 6.07) is 5.58. The van der Waals surface area contributed by atoms with Crippen LogP contribution in [0.15, 0.2) is 24.3 Å². The summed E-state index contributed by atoms with van der Waals surface area (Å²) in [5.41, 5.74) is 0.267. The standard InChI is InChI=1S/C18H23FN6O/c1-24(2)17-21-15(22-18(23-17)25-9-4-3-5-10-25)12-20-16(26)13-7-6-8-14(19)11-13/h6-8,11H,3-5,9-10,12H2,1-2H3,(H,20,26). The van der Waals surface area contributed by atoms with E-state index in [-0.39, 0.29) is 18.0 Å². The van der Waals surface area contributed by atoms with E-state index in [0.717, 1.165) is 25.9 Å². The fraction of sp³-hybridized carbons (Fsp3) is 0.444. The molecule has 0 radical (unpaired) electrons. The first-order valence-electron chi connectivity index (χ1n) is 8.74. The topological polar surface area (TPSA) is 74.2 Å². The van der Waals surface area contributed by atoms with E-state index in [1.807, 2.05) is 19.0 Å². The number of nitrogens with one attached hydrogen (secondary N) is 1. The Balaban J connectivity index is 1.75. The molecule has 2 heterocycles. The summed E-state index contributed by atoms with van der Waals surface area (Å²) < 4.78 is 13.3. The van der Waals surface area contributed by atoms with Crippen molar-refractivity contribution < 1.29 is 9.18 Å². The predicted octanol–water partition coefficient (Wildman–Crippen LogP) is 2.00. The van der Waals surface area contributed by atoms with Gasteiger partial charge in [-0.25, -0.2) is 4.39 Å². The quantitative estimate of drug-likeness (QED) is 0.881. The van der Waals surface area contributed by atoms with Gasteiger partial charge in [-0.05, 0) is 37.5 Å². The monoisotopic (exact) mass is 358 g/mol. The van der Waals surface area contributed by atoms with E-state index in [2.05, 4.69) is 25.2 Å². The van der Waals surface area contributed by atoms with Crippen molar-refractivity contribution in [1.29, 1.82) is 0 Å². The van der Waals surface area contributed by atoms with Gasteiger partial charge in [0.05, 0.1) is 6.54 Å². The fourth-order valence-electron chi connectivity index (χ4n) is 2.80. The molecule has 1 aromatic heterocycles. The molecule has 0 saturated carbocycles. The second kappa shape index (κ2) is 8.07. The molecule has 0 aliphatic carbocycles. The van der Waals surface area contributed by atoms with E-state index in [4.69, 9.17) is 0 Å². The number of rotatable bonds is 5. The van der Waals surface area contributed by atoms with Crippen LogP contribution in [-0.2, 0) is 6.54 Å². The summed E-state index contributed by atoms with van der Waals surface area (Å²) in [6.07, 6.45) is 3.46. The lowest BCUT2D eigenvalue weighted by Gasteiger charge is -2.27. The Bertz CT molecular complexity index is 776. The number of aromatic nitrogens is 3. The zero-order valence-electron chi connectivity index (χ0n) is 15.1. The van der Waals surface area contributed by atoms with Gasteiger partial charge in [0.25, 0.3) is 5.91 Å². The van der Waals surface area contributed by atoms with Gasteiger partial charge in [0.1, 0.15) is 5.82 Å². The first kappa shape index (κ1) is 18.0. The molecule has 1 saturated heterocycles. The zero-order chi connectivity index (χ0) is 18.5. The van der Waals surface area contributed by atoms with Gasteiger partial charge in [0, 0.05) is 32.7 Å². The van der Waals surface area contributed by atoms with Gasteiger partial charge in [-0.2, -0.15) is 15.0 Å². The highest BCUT2D eigenvalue weighted by atomic mass is 19.1. The lowest BCUT2D eigenvalue weighted by Crippen LogP contribution is -2.32. The molecule has 1 aromatic carbocycles. The van der Waals surface area contributed by atoms with E-state index in [1.54, 1.807) is 6.07 Å². The van der Waals surface area contributed by atoms with Gasteiger partial charge < -0.3 is 15.1 Å². The third kappa shape index (κ3) is 4.44. The number of carbonyl (C=O) groups is 1. The lowest BCUT2D eigenvalue weighted by molar-refractivity contribution is 0.0949. The van der Waals surface area contributed by atoms with Crippen LogP contribution < -0.4 is 15.1 Å². The van der Waals surface area contributed by atoms with E-state index < -0.39 is 5.82 Å². The summed E-state index contributed by atoms with van der Waals surface area (Å²) in [7, 11) is 3.73. The molecule has 1 amide bonds. The number of hydrogen-bond donors (Lipinski definition) is 1. The van der Waals surface area contributed by atoms with Gasteiger partial charge >= 0.3 is 0 Å². The van der Waals surface area contributed by atoms with E-state index in [9.17, 15) is 9.18 Å². The van der Waals surface area contributed by atoms with Gasteiger partial charge in [0.2, 0.25) is 11.9 Å². The van der Waals surface area contributed by atoms with Crippen molar-refractivity contribution in [1.82, 2.24) is 20.3 Å². The molecule has 0 spiro atoms. The zero-order valence-corrected chi connectivity index (χ0v) is 15.1. The summed E-state index contributed by atoms with van der Waals surface area (Å²) in [4.78, 5) is 29.6. The van der Waals surface area contributed by atoms with Crippen LogP contribution in [0.2, 0.25) is 0 Å². The summed E-state index contributed by atoms with van der Waals surface area (Å²) in [6.45, 7) is 2.00. The molecule has 1 N–H and O–H groups in total. The Hall–Kier alpha value is -2.77. The van der Waals surface area contributed by atoms with E-state index in [0.29, 0.717) is 17.7 Å². The van der Waals surface area contributed by atoms with Crippen LogP contribution in [0, 0.1) is 5.82 Å². The number of nitrogens with zero attached hydrogens (tertiary/aromatic N) is 5. The minimum atomic E-state index is -0.444. The van der Waals surface area contributed by atoms with E-state index in [1.165, 1.54) is 24.6 Å². The Labute approximate surface area is 152 Å². The molecule has 2 aromatic rings. The van der Waals surface area contributed by atoms with Crippen molar-refractivity contribution in [3.8, 4) is 0 Å². The van der Waals surface area contributed by atoms with Crippen LogP contribution in [0.5, 0.6) is 0 Å². The van der Waals surface area contributed by atoms with Crippen molar-refractivity contribution in [2.24, 2.45) is 0 Å². The Kier molecular flexibility index (Phi) is 5.60. The molecule has 7 nitrogen and oxygen atoms in total. The molecular weight excluding hydrogens is 335 g/mol. The van der Waals surface area contributed by atoms with E-state index >= 15 is 0 Å². The minimum Gasteiger partial charge on any atom is -0.347 e. The van der Waals surface area contributed by atoms with Crippen LogP contribution in [0.1, 0.15) is 35.4 Å². The maximum Gasteiger partial charge on any atom is 0.251 e. The number of hydrogen-bond acceptors (Lipinski definition) is 6. The van der Waals surface area contributed by atoms with Crippen molar-refractivity contribution in [3.05, 3.63) is 41.5 Å². The molecule has 8 heteroatoms. The third-order valence-corrected chi connectivity index (χ3v) is 4.19. The van der Waals surface area contributed by atoms with Crippen LogP contribution in [0.4, 0.5) is 16.3 Å². The van der Waals surface area contributed by atoms with Crippen molar-refractivity contribution >= 4 is 17.8 Å². The number of carbonyl (C=O) groups excluding carboxylic acids is 1. The van der Waals surface area contributed by atoms with Gasteiger partial charge in [-0.1, -0.05) is 6.07 Å². The van der Waals surface area contributed by atoms with Crippen LogP contribution >= 0.6 is 0 Å². The third-order valence-electron chi connectivity index (χ3n) is 4.19. The lowest BCUT2D eigenvalue weighted by atomic mass is 10.1. The molecule has 0 unspecified atom stereocenters. The first-order valence-corrected chi connectivity index (χ1v) is 8.74. The average molecular weight is 358 g/mol. The Morgan fingerprint density at radius 2 is 1.96 bits per heavy atom. The fourth-order valence-corrected chi connectivity index (χ4v) is 2.80. The normalized spacial score (nSPS) is 14.2. The Morgan fingerprint density at radius 3 is 2.65 bits per heavy atom. The highest BCUT2D eigenvalue weighted by Gasteiger charge is 2.17. The van der Waals surface area contributed by atoms with Gasteiger partial charge in [0.15, 0.2) is 5.82 Å². The molecule has 1 fully saturated rings. The molecule has 0 bridgehead atoms. The smallest absolute Gasteiger partial charge is 0.251 e. The number of halogens is 1. The second-order valence-electron chi connectivity index (χ2n) is 6.49.